The third-order valence-corrected chi connectivity index (χ3v) is 2.01. The fraction of sp³-hybridized carbons (Fsp3) is 1.00. The van der Waals surface area contributed by atoms with Gasteiger partial charge in [-0.1, -0.05) is 13.8 Å². The Bertz CT molecular complexity index is 121. The van der Waals surface area contributed by atoms with Crippen molar-refractivity contribution >= 4 is 0 Å². The van der Waals surface area contributed by atoms with Gasteiger partial charge in [-0.3, -0.25) is 4.90 Å². The van der Waals surface area contributed by atoms with E-state index in [1.165, 1.54) is 0 Å². The van der Waals surface area contributed by atoms with Gasteiger partial charge in [-0.2, -0.15) is 0 Å². The molecule has 14 heavy (non-hydrogen) atoms. The van der Waals surface area contributed by atoms with Gasteiger partial charge in [0.2, 0.25) is 0 Å². The van der Waals surface area contributed by atoms with Crippen LogP contribution < -0.4 is 5.32 Å². The van der Waals surface area contributed by atoms with Gasteiger partial charge in [-0.25, -0.2) is 0 Å². The van der Waals surface area contributed by atoms with Crippen LogP contribution >= 0.6 is 0 Å². The highest BCUT2D eigenvalue weighted by atomic mass is 16.5. The second-order valence-corrected chi connectivity index (χ2v) is 3.67. The van der Waals surface area contributed by atoms with Gasteiger partial charge in [0.25, 0.3) is 0 Å². The third kappa shape index (κ3) is 8.44. The van der Waals surface area contributed by atoms with Gasteiger partial charge in [0, 0.05) is 39.3 Å². The van der Waals surface area contributed by atoms with Crippen LogP contribution in [0.25, 0.3) is 0 Å². The first-order valence-corrected chi connectivity index (χ1v) is 5.26. The normalized spacial score (nSPS) is 11.6. The van der Waals surface area contributed by atoms with Crippen LogP contribution in [0.2, 0.25) is 0 Å². The van der Waals surface area contributed by atoms with E-state index in [1.807, 2.05) is 0 Å². The molecule has 0 radical (unpaired) electrons. The largest absolute Gasteiger partial charge is 0.395 e. The summed E-state index contributed by atoms with van der Waals surface area (Å²) in [5.41, 5.74) is 0. The molecule has 0 aliphatic carbocycles. The lowest BCUT2D eigenvalue weighted by Crippen LogP contribution is -2.38. The average Bonchev–Trinajstić information content (AvgIpc) is 2.13. The molecule has 0 aromatic carbocycles. The summed E-state index contributed by atoms with van der Waals surface area (Å²) < 4.78 is 5.00. The molecular formula is C10H24N2O2. The van der Waals surface area contributed by atoms with Crippen molar-refractivity contribution < 1.29 is 9.84 Å². The monoisotopic (exact) mass is 204 g/mol. The number of nitrogens with one attached hydrogen (secondary N) is 1. The molecule has 0 saturated heterocycles. The minimum absolute atomic E-state index is 0.214. The number of aliphatic hydroxyl groups excluding tert-OH is 1. The highest BCUT2D eigenvalue weighted by Crippen LogP contribution is 1.87. The Morgan fingerprint density at radius 3 is 2.50 bits per heavy atom. The van der Waals surface area contributed by atoms with Gasteiger partial charge >= 0.3 is 0 Å². The lowest BCUT2D eigenvalue weighted by atomic mass is 10.4. The first-order chi connectivity index (χ1) is 6.70. The van der Waals surface area contributed by atoms with Crippen molar-refractivity contribution in [2.75, 3.05) is 46.5 Å². The van der Waals surface area contributed by atoms with Crippen LogP contribution in [-0.4, -0.2) is 62.6 Å². The summed E-state index contributed by atoms with van der Waals surface area (Å²) >= 11 is 0. The maximum Gasteiger partial charge on any atom is 0.0589 e. The van der Waals surface area contributed by atoms with Gasteiger partial charge in [-0.15, -0.1) is 0 Å². The van der Waals surface area contributed by atoms with E-state index in [1.54, 1.807) is 7.11 Å². The minimum Gasteiger partial charge on any atom is -0.395 e. The van der Waals surface area contributed by atoms with Crippen molar-refractivity contribution in [3.05, 3.63) is 0 Å². The summed E-state index contributed by atoms with van der Waals surface area (Å²) in [6, 6.07) is 0.522. The number of hydrogen-bond donors (Lipinski definition) is 2. The van der Waals surface area contributed by atoms with Crippen LogP contribution in [0.15, 0.2) is 0 Å². The third-order valence-electron chi connectivity index (χ3n) is 2.01. The highest BCUT2D eigenvalue weighted by molar-refractivity contribution is 4.60. The van der Waals surface area contributed by atoms with E-state index >= 15 is 0 Å². The lowest BCUT2D eigenvalue weighted by molar-refractivity contribution is 0.131. The van der Waals surface area contributed by atoms with E-state index in [4.69, 9.17) is 9.84 Å². The Morgan fingerprint density at radius 1 is 1.29 bits per heavy atom. The molecule has 0 rings (SSSR count). The number of ether oxygens (including phenoxy) is 1. The summed E-state index contributed by atoms with van der Waals surface area (Å²) in [6.45, 7) is 8.73. The Morgan fingerprint density at radius 2 is 2.00 bits per heavy atom. The highest BCUT2D eigenvalue weighted by Gasteiger charge is 2.03. The number of hydrogen-bond acceptors (Lipinski definition) is 4. The van der Waals surface area contributed by atoms with Crippen LogP contribution in [0.4, 0.5) is 0 Å². The van der Waals surface area contributed by atoms with Crippen molar-refractivity contribution in [3.63, 3.8) is 0 Å². The van der Waals surface area contributed by atoms with Crippen molar-refractivity contribution in [2.45, 2.75) is 19.9 Å². The Hall–Kier alpha value is -0.160. The van der Waals surface area contributed by atoms with Gasteiger partial charge in [0.05, 0.1) is 13.2 Å². The molecule has 0 amide bonds. The molecule has 0 bridgehead atoms. The molecule has 4 nitrogen and oxygen atoms in total. The van der Waals surface area contributed by atoms with Gasteiger partial charge in [0.15, 0.2) is 0 Å². The summed E-state index contributed by atoms with van der Waals surface area (Å²) in [6.07, 6.45) is 0. The van der Waals surface area contributed by atoms with Gasteiger partial charge < -0.3 is 15.2 Å². The van der Waals surface area contributed by atoms with Crippen LogP contribution in [0.3, 0.4) is 0 Å². The van der Waals surface area contributed by atoms with Gasteiger partial charge in [0.1, 0.15) is 0 Å². The average molecular weight is 204 g/mol. The SMILES string of the molecule is COCCN(CCO)CCNC(C)C. The first-order valence-electron chi connectivity index (χ1n) is 5.26. The Labute approximate surface area is 87.2 Å². The predicted molar refractivity (Wildman–Crippen MR) is 58.5 cm³/mol. The fourth-order valence-corrected chi connectivity index (χ4v) is 1.21. The topological polar surface area (TPSA) is 44.7 Å². The summed E-state index contributed by atoms with van der Waals surface area (Å²) in [5, 5.41) is 12.2. The molecule has 0 saturated carbocycles. The smallest absolute Gasteiger partial charge is 0.0589 e. The van der Waals surface area contributed by atoms with Crippen LogP contribution in [0, 0.1) is 0 Å². The predicted octanol–water partition coefficient (Wildman–Crippen LogP) is -0.0749. The van der Waals surface area contributed by atoms with E-state index in [0.29, 0.717) is 6.04 Å². The molecular weight excluding hydrogens is 180 g/mol. The minimum atomic E-state index is 0.214. The van der Waals surface area contributed by atoms with Crippen molar-refractivity contribution in [2.24, 2.45) is 0 Å². The molecule has 0 spiro atoms. The first kappa shape index (κ1) is 13.8. The van der Waals surface area contributed by atoms with Gasteiger partial charge in [-0.05, 0) is 0 Å². The van der Waals surface area contributed by atoms with Crippen molar-refractivity contribution in [1.82, 2.24) is 10.2 Å². The molecule has 0 heterocycles. The molecule has 2 N–H and O–H groups in total. The number of methoxy groups -OCH3 is 1. The standard InChI is InChI=1S/C10H24N2O2/c1-10(2)11-4-5-12(6-8-13)7-9-14-3/h10-11,13H,4-9H2,1-3H3. The molecule has 0 aromatic rings. The number of nitrogens with zero attached hydrogens (tertiary/aromatic N) is 1. The lowest BCUT2D eigenvalue weighted by Gasteiger charge is -2.21. The molecule has 0 fully saturated rings. The van der Waals surface area contributed by atoms with E-state index < -0.39 is 0 Å². The maximum absolute atomic E-state index is 8.84. The quantitative estimate of drug-likeness (QED) is 0.552. The molecule has 4 heteroatoms. The molecule has 0 aliphatic rings. The summed E-state index contributed by atoms with van der Waals surface area (Å²) in [5.74, 6) is 0. The van der Waals surface area contributed by atoms with E-state index in [0.717, 1.165) is 32.8 Å². The zero-order chi connectivity index (χ0) is 10.8. The van der Waals surface area contributed by atoms with Crippen LogP contribution in [-0.2, 0) is 4.74 Å². The summed E-state index contributed by atoms with van der Waals surface area (Å²) in [4.78, 5) is 2.19. The molecule has 0 aliphatic heterocycles. The van der Waals surface area contributed by atoms with E-state index in [9.17, 15) is 0 Å². The number of aliphatic hydroxyl groups is 1. The molecule has 86 valence electrons. The molecule has 0 unspecified atom stereocenters. The maximum atomic E-state index is 8.84. The molecule has 0 aromatic heterocycles. The fourth-order valence-electron chi connectivity index (χ4n) is 1.21. The Balaban J connectivity index is 3.50. The molecule has 0 atom stereocenters. The Kier molecular flexibility index (Phi) is 9.29. The van der Waals surface area contributed by atoms with Crippen molar-refractivity contribution in [1.29, 1.82) is 0 Å². The van der Waals surface area contributed by atoms with E-state index in [2.05, 4.69) is 24.1 Å². The second-order valence-electron chi connectivity index (χ2n) is 3.67. The van der Waals surface area contributed by atoms with Crippen LogP contribution in [0.1, 0.15) is 13.8 Å². The van der Waals surface area contributed by atoms with Crippen LogP contribution in [0.5, 0.6) is 0 Å². The second kappa shape index (κ2) is 9.40. The summed E-state index contributed by atoms with van der Waals surface area (Å²) in [7, 11) is 1.70. The zero-order valence-corrected chi connectivity index (χ0v) is 9.62. The number of rotatable bonds is 9. The van der Waals surface area contributed by atoms with E-state index in [-0.39, 0.29) is 6.61 Å². The van der Waals surface area contributed by atoms with Crippen molar-refractivity contribution in [3.8, 4) is 0 Å². The zero-order valence-electron chi connectivity index (χ0n) is 9.62.